The van der Waals surface area contributed by atoms with Crippen LogP contribution in [0.15, 0.2) is 24.3 Å². The van der Waals surface area contributed by atoms with Crippen molar-refractivity contribution in [1.29, 1.82) is 0 Å². The van der Waals surface area contributed by atoms with Crippen LogP contribution < -0.4 is 0 Å². The van der Waals surface area contributed by atoms with Gasteiger partial charge < -0.3 is 4.74 Å². The summed E-state index contributed by atoms with van der Waals surface area (Å²) >= 11 is 0. The lowest BCUT2D eigenvalue weighted by Gasteiger charge is -2.08. The van der Waals surface area contributed by atoms with E-state index < -0.39 is 11.7 Å². The van der Waals surface area contributed by atoms with E-state index >= 15 is 0 Å². The second-order valence-corrected chi connectivity index (χ2v) is 2.94. The fourth-order valence-corrected chi connectivity index (χ4v) is 1.12. The molecule has 0 saturated heterocycles. The van der Waals surface area contributed by atoms with E-state index in [1.807, 2.05) is 0 Å². The molecule has 0 saturated carbocycles. The van der Waals surface area contributed by atoms with Crippen LogP contribution in [0.3, 0.4) is 0 Å². The second kappa shape index (κ2) is 4.46. The SMILES string of the molecule is COCCc1cccc(C(F)(F)F)c1. The number of halogens is 3. The van der Waals surface area contributed by atoms with Crippen LogP contribution in [0.4, 0.5) is 13.2 Å². The van der Waals surface area contributed by atoms with Gasteiger partial charge in [-0.25, -0.2) is 0 Å². The van der Waals surface area contributed by atoms with E-state index in [-0.39, 0.29) is 0 Å². The van der Waals surface area contributed by atoms with Crippen molar-refractivity contribution in [2.75, 3.05) is 13.7 Å². The molecule has 0 bridgehead atoms. The highest BCUT2D eigenvalue weighted by Gasteiger charge is 2.30. The number of hydrogen-bond acceptors (Lipinski definition) is 1. The predicted octanol–water partition coefficient (Wildman–Crippen LogP) is 2.89. The Morgan fingerprint density at radius 3 is 2.57 bits per heavy atom. The van der Waals surface area contributed by atoms with Crippen molar-refractivity contribution < 1.29 is 17.9 Å². The number of hydrogen-bond donors (Lipinski definition) is 0. The minimum Gasteiger partial charge on any atom is -0.384 e. The third-order valence-corrected chi connectivity index (χ3v) is 1.85. The van der Waals surface area contributed by atoms with E-state index in [0.29, 0.717) is 18.6 Å². The first-order valence-corrected chi connectivity index (χ1v) is 4.19. The lowest BCUT2D eigenvalue weighted by Crippen LogP contribution is -2.05. The molecular weight excluding hydrogens is 193 g/mol. The van der Waals surface area contributed by atoms with Crippen LogP contribution in [0.25, 0.3) is 0 Å². The molecule has 1 aromatic carbocycles. The van der Waals surface area contributed by atoms with Crippen LogP contribution in [0.5, 0.6) is 0 Å². The van der Waals surface area contributed by atoms with Gasteiger partial charge in [0.25, 0.3) is 0 Å². The Morgan fingerprint density at radius 1 is 1.29 bits per heavy atom. The van der Waals surface area contributed by atoms with E-state index in [2.05, 4.69) is 0 Å². The molecule has 78 valence electrons. The summed E-state index contributed by atoms with van der Waals surface area (Å²) in [6, 6.07) is 5.29. The molecular formula is C10H11F3O. The highest BCUT2D eigenvalue weighted by atomic mass is 19.4. The fourth-order valence-electron chi connectivity index (χ4n) is 1.12. The Labute approximate surface area is 80.5 Å². The van der Waals surface area contributed by atoms with Crippen LogP contribution in [-0.4, -0.2) is 13.7 Å². The minimum absolute atomic E-state index is 0.432. The Morgan fingerprint density at radius 2 is 2.00 bits per heavy atom. The number of rotatable bonds is 3. The highest BCUT2D eigenvalue weighted by molar-refractivity contribution is 5.25. The van der Waals surface area contributed by atoms with Crippen molar-refractivity contribution in [1.82, 2.24) is 0 Å². The third-order valence-electron chi connectivity index (χ3n) is 1.85. The van der Waals surface area contributed by atoms with Crippen molar-refractivity contribution in [2.24, 2.45) is 0 Å². The van der Waals surface area contributed by atoms with Gasteiger partial charge in [-0.05, 0) is 18.1 Å². The summed E-state index contributed by atoms with van der Waals surface area (Å²) in [6.45, 7) is 0.432. The molecule has 1 nitrogen and oxygen atoms in total. The molecule has 14 heavy (non-hydrogen) atoms. The van der Waals surface area contributed by atoms with Crippen molar-refractivity contribution in [3.63, 3.8) is 0 Å². The average molecular weight is 204 g/mol. The molecule has 0 amide bonds. The van der Waals surface area contributed by atoms with Gasteiger partial charge in [-0.2, -0.15) is 13.2 Å². The molecule has 0 radical (unpaired) electrons. The van der Waals surface area contributed by atoms with Gasteiger partial charge in [0.2, 0.25) is 0 Å². The number of benzene rings is 1. The topological polar surface area (TPSA) is 9.23 Å². The first kappa shape index (κ1) is 11.0. The van der Waals surface area contributed by atoms with Crippen molar-refractivity contribution in [3.05, 3.63) is 35.4 Å². The maximum absolute atomic E-state index is 12.3. The molecule has 0 unspecified atom stereocenters. The van der Waals surface area contributed by atoms with Crippen LogP contribution in [0, 0.1) is 0 Å². The molecule has 0 aliphatic heterocycles. The lowest BCUT2D eigenvalue weighted by atomic mass is 10.1. The van der Waals surface area contributed by atoms with E-state index in [1.165, 1.54) is 13.2 Å². The van der Waals surface area contributed by atoms with Gasteiger partial charge >= 0.3 is 6.18 Å². The van der Waals surface area contributed by atoms with E-state index in [1.54, 1.807) is 6.07 Å². The normalized spacial score (nSPS) is 11.7. The van der Waals surface area contributed by atoms with Crippen molar-refractivity contribution in [2.45, 2.75) is 12.6 Å². The third kappa shape index (κ3) is 3.03. The van der Waals surface area contributed by atoms with Crippen LogP contribution in [0.1, 0.15) is 11.1 Å². The molecule has 0 aliphatic rings. The summed E-state index contributed by atoms with van der Waals surface area (Å²) in [5, 5.41) is 0. The monoisotopic (exact) mass is 204 g/mol. The Kier molecular flexibility index (Phi) is 3.52. The Balaban J connectivity index is 2.79. The van der Waals surface area contributed by atoms with Gasteiger partial charge in [0, 0.05) is 7.11 Å². The van der Waals surface area contributed by atoms with Gasteiger partial charge in [0.15, 0.2) is 0 Å². The smallest absolute Gasteiger partial charge is 0.384 e. The Bertz CT molecular complexity index is 294. The summed E-state index contributed by atoms with van der Waals surface area (Å²) in [5.41, 5.74) is 0.0350. The van der Waals surface area contributed by atoms with Crippen molar-refractivity contribution >= 4 is 0 Å². The minimum atomic E-state index is -4.26. The van der Waals surface area contributed by atoms with Crippen molar-refractivity contribution in [3.8, 4) is 0 Å². The molecule has 4 heteroatoms. The number of alkyl halides is 3. The van der Waals surface area contributed by atoms with Crippen LogP contribution in [0.2, 0.25) is 0 Å². The second-order valence-electron chi connectivity index (χ2n) is 2.94. The number of methoxy groups -OCH3 is 1. The lowest BCUT2D eigenvalue weighted by molar-refractivity contribution is -0.137. The summed E-state index contributed by atoms with van der Waals surface area (Å²) in [4.78, 5) is 0. The van der Waals surface area contributed by atoms with Gasteiger partial charge in [-0.15, -0.1) is 0 Å². The fraction of sp³-hybridized carbons (Fsp3) is 0.400. The van der Waals surface area contributed by atoms with Gasteiger partial charge in [-0.3, -0.25) is 0 Å². The van der Waals surface area contributed by atoms with Gasteiger partial charge in [0.05, 0.1) is 12.2 Å². The summed E-state index contributed by atoms with van der Waals surface area (Å²) in [6.07, 6.45) is -3.76. The molecule has 1 rings (SSSR count). The van der Waals surface area contributed by atoms with E-state index in [9.17, 15) is 13.2 Å². The summed E-state index contributed by atoms with van der Waals surface area (Å²) in [5.74, 6) is 0. The van der Waals surface area contributed by atoms with E-state index in [0.717, 1.165) is 12.1 Å². The standard InChI is InChI=1S/C10H11F3O/c1-14-6-5-8-3-2-4-9(7-8)10(11,12)13/h2-4,7H,5-6H2,1H3. The molecule has 0 heterocycles. The first-order valence-electron chi connectivity index (χ1n) is 4.19. The molecule has 0 aliphatic carbocycles. The van der Waals surface area contributed by atoms with Gasteiger partial charge in [0.1, 0.15) is 0 Å². The molecule has 1 aromatic rings. The maximum Gasteiger partial charge on any atom is 0.416 e. The van der Waals surface area contributed by atoms with Crippen LogP contribution >= 0.6 is 0 Å². The number of ether oxygens (including phenoxy) is 1. The first-order chi connectivity index (χ1) is 6.54. The quantitative estimate of drug-likeness (QED) is 0.735. The van der Waals surface area contributed by atoms with E-state index in [4.69, 9.17) is 4.74 Å². The molecule has 0 fully saturated rings. The summed E-state index contributed by atoms with van der Waals surface area (Å²) in [7, 11) is 1.52. The maximum atomic E-state index is 12.3. The molecule has 0 aromatic heterocycles. The largest absolute Gasteiger partial charge is 0.416 e. The van der Waals surface area contributed by atoms with Gasteiger partial charge in [-0.1, -0.05) is 18.2 Å². The molecule has 0 spiro atoms. The zero-order valence-corrected chi connectivity index (χ0v) is 7.77. The summed E-state index contributed by atoms with van der Waals surface area (Å²) < 4.78 is 41.6. The zero-order valence-electron chi connectivity index (χ0n) is 7.77. The molecule has 0 N–H and O–H groups in total. The highest BCUT2D eigenvalue weighted by Crippen LogP contribution is 2.29. The zero-order chi connectivity index (χ0) is 10.6. The Hall–Kier alpha value is -1.03. The molecule has 0 atom stereocenters. The average Bonchev–Trinajstić information content (AvgIpc) is 2.14. The van der Waals surface area contributed by atoms with Crippen LogP contribution in [-0.2, 0) is 17.3 Å². The predicted molar refractivity (Wildman–Crippen MR) is 47.0 cm³/mol.